The molecule has 0 radical (unpaired) electrons. The van der Waals surface area contributed by atoms with Crippen molar-refractivity contribution in [3.8, 4) is 0 Å². The SMILES string of the molecule is CC1CN(C(=O)OCc2ccccc2)c2ccccc2N1C(=O)OCc1ccccc1. The van der Waals surface area contributed by atoms with E-state index in [-0.39, 0.29) is 19.3 Å². The normalized spacial score (nSPS) is 15.2. The molecule has 1 unspecified atom stereocenters. The number of hydrogen-bond acceptors (Lipinski definition) is 4. The van der Waals surface area contributed by atoms with E-state index in [1.165, 1.54) is 0 Å². The summed E-state index contributed by atoms with van der Waals surface area (Å²) in [5.74, 6) is 0. The lowest BCUT2D eigenvalue weighted by atomic mass is 10.1. The molecule has 0 spiro atoms. The van der Waals surface area contributed by atoms with Gasteiger partial charge in [-0.15, -0.1) is 0 Å². The summed E-state index contributed by atoms with van der Waals surface area (Å²) in [5, 5.41) is 0. The van der Waals surface area contributed by atoms with Crippen LogP contribution in [-0.4, -0.2) is 24.8 Å². The van der Waals surface area contributed by atoms with Crippen molar-refractivity contribution < 1.29 is 19.1 Å². The van der Waals surface area contributed by atoms with Gasteiger partial charge in [0.1, 0.15) is 13.2 Å². The minimum Gasteiger partial charge on any atom is -0.444 e. The Hall–Kier alpha value is -3.80. The maximum absolute atomic E-state index is 12.9. The molecule has 31 heavy (non-hydrogen) atoms. The lowest BCUT2D eigenvalue weighted by Crippen LogP contribution is -2.52. The van der Waals surface area contributed by atoms with E-state index in [2.05, 4.69) is 0 Å². The second-order valence-electron chi connectivity index (χ2n) is 7.40. The van der Waals surface area contributed by atoms with Crippen molar-refractivity contribution in [3.05, 3.63) is 96.1 Å². The van der Waals surface area contributed by atoms with E-state index in [1.54, 1.807) is 9.80 Å². The maximum Gasteiger partial charge on any atom is 0.415 e. The van der Waals surface area contributed by atoms with Gasteiger partial charge in [-0.05, 0) is 30.2 Å². The van der Waals surface area contributed by atoms with Gasteiger partial charge in [0.25, 0.3) is 0 Å². The highest BCUT2D eigenvalue weighted by Gasteiger charge is 2.36. The van der Waals surface area contributed by atoms with Gasteiger partial charge in [0, 0.05) is 0 Å². The average molecular weight is 416 g/mol. The number of carbonyl (C=O) groups excluding carboxylic acids is 2. The number of nitrogens with zero attached hydrogens (tertiary/aromatic N) is 2. The number of anilines is 2. The van der Waals surface area contributed by atoms with Crippen molar-refractivity contribution in [2.75, 3.05) is 16.3 Å². The Balaban J connectivity index is 1.49. The first-order chi connectivity index (χ1) is 15.1. The van der Waals surface area contributed by atoms with Crippen LogP contribution < -0.4 is 9.80 Å². The molecule has 0 saturated heterocycles. The minimum absolute atomic E-state index is 0.188. The van der Waals surface area contributed by atoms with Gasteiger partial charge in [-0.2, -0.15) is 0 Å². The van der Waals surface area contributed by atoms with Crippen LogP contribution in [0.3, 0.4) is 0 Å². The van der Waals surface area contributed by atoms with Gasteiger partial charge in [0.15, 0.2) is 0 Å². The highest BCUT2D eigenvalue weighted by Crippen LogP contribution is 2.36. The molecule has 6 nitrogen and oxygen atoms in total. The van der Waals surface area contributed by atoms with Gasteiger partial charge in [0.05, 0.1) is 24.0 Å². The van der Waals surface area contributed by atoms with Crippen LogP contribution in [0.1, 0.15) is 18.1 Å². The molecule has 2 amide bonds. The first-order valence-corrected chi connectivity index (χ1v) is 10.2. The van der Waals surface area contributed by atoms with Gasteiger partial charge in [-0.3, -0.25) is 9.80 Å². The van der Waals surface area contributed by atoms with E-state index in [0.29, 0.717) is 17.9 Å². The lowest BCUT2D eigenvalue weighted by molar-refractivity contribution is 0.140. The molecule has 0 fully saturated rings. The summed E-state index contributed by atoms with van der Waals surface area (Å²) in [6.45, 7) is 2.58. The third-order valence-corrected chi connectivity index (χ3v) is 5.15. The predicted octanol–water partition coefficient (Wildman–Crippen LogP) is 5.38. The number of para-hydroxylation sites is 2. The molecule has 158 valence electrons. The van der Waals surface area contributed by atoms with Gasteiger partial charge < -0.3 is 9.47 Å². The molecule has 1 atom stereocenters. The van der Waals surface area contributed by atoms with E-state index in [9.17, 15) is 9.59 Å². The molecule has 1 aliphatic heterocycles. The third-order valence-electron chi connectivity index (χ3n) is 5.15. The quantitative estimate of drug-likeness (QED) is 0.573. The Bertz CT molecular complexity index is 1040. The highest BCUT2D eigenvalue weighted by atomic mass is 16.6. The second kappa shape index (κ2) is 9.34. The Morgan fingerprint density at radius 3 is 1.81 bits per heavy atom. The summed E-state index contributed by atoms with van der Waals surface area (Å²) < 4.78 is 11.1. The second-order valence-corrected chi connectivity index (χ2v) is 7.40. The number of carbonyl (C=O) groups is 2. The zero-order valence-electron chi connectivity index (χ0n) is 17.3. The van der Waals surface area contributed by atoms with Crippen LogP contribution in [0.15, 0.2) is 84.9 Å². The Labute approximate surface area is 181 Å². The fourth-order valence-corrected chi connectivity index (χ4v) is 3.62. The molecular weight excluding hydrogens is 392 g/mol. The first-order valence-electron chi connectivity index (χ1n) is 10.2. The van der Waals surface area contributed by atoms with E-state index in [1.807, 2.05) is 91.9 Å². The van der Waals surface area contributed by atoms with Gasteiger partial charge in [-0.25, -0.2) is 9.59 Å². The average Bonchev–Trinajstić information content (AvgIpc) is 2.82. The Kier molecular flexibility index (Phi) is 6.17. The van der Waals surface area contributed by atoms with Crippen LogP contribution in [0.4, 0.5) is 21.0 Å². The molecule has 1 aliphatic rings. The number of ether oxygens (including phenoxy) is 2. The van der Waals surface area contributed by atoms with E-state index in [4.69, 9.17) is 9.47 Å². The molecule has 1 heterocycles. The smallest absolute Gasteiger partial charge is 0.415 e. The molecule has 4 rings (SSSR count). The fraction of sp³-hybridized carbons (Fsp3) is 0.200. The first kappa shape index (κ1) is 20.5. The number of benzene rings is 3. The largest absolute Gasteiger partial charge is 0.444 e. The number of amides is 2. The van der Waals surface area contributed by atoms with E-state index >= 15 is 0 Å². The zero-order chi connectivity index (χ0) is 21.6. The van der Waals surface area contributed by atoms with Crippen molar-refractivity contribution in [3.63, 3.8) is 0 Å². The number of fused-ring (bicyclic) bond motifs is 1. The monoisotopic (exact) mass is 416 g/mol. The molecule has 0 saturated carbocycles. The molecule has 6 heteroatoms. The van der Waals surface area contributed by atoms with Gasteiger partial charge in [-0.1, -0.05) is 72.8 Å². The summed E-state index contributed by atoms with van der Waals surface area (Å²) in [5.41, 5.74) is 3.08. The summed E-state index contributed by atoms with van der Waals surface area (Å²) in [6.07, 6.45) is -0.887. The molecule has 0 aromatic heterocycles. The van der Waals surface area contributed by atoms with E-state index < -0.39 is 12.2 Å². The zero-order valence-corrected chi connectivity index (χ0v) is 17.3. The van der Waals surface area contributed by atoms with Crippen LogP contribution in [0.5, 0.6) is 0 Å². The van der Waals surface area contributed by atoms with Crippen LogP contribution >= 0.6 is 0 Å². The van der Waals surface area contributed by atoms with E-state index in [0.717, 1.165) is 11.1 Å². The van der Waals surface area contributed by atoms with Crippen molar-refractivity contribution in [2.45, 2.75) is 26.2 Å². The molecule has 3 aromatic carbocycles. The molecule has 0 N–H and O–H groups in total. The van der Waals surface area contributed by atoms with Crippen molar-refractivity contribution in [2.24, 2.45) is 0 Å². The number of rotatable bonds is 4. The van der Waals surface area contributed by atoms with Crippen LogP contribution in [0.25, 0.3) is 0 Å². The summed E-state index contributed by atoms with van der Waals surface area (Å²) in [6, 6.07) is 26.1. The topological polar surface area (TPSA) is 59.1 Å². The van der Waals surface area contributed by atoms with Crippen LogP contribution in [0, 0.1) is 0 Å². The third kappa shape index (κ3) is 4.69. The standard InChI is InChI=1S/C25H24N2O4/c1-19-16-26(24(28)30-17-20-10-4-2-5-11-20)22-14-8-9-15-23(22)27(19)25(29)31-18-21-12-6-3-7-13-21/h2-15,19H,16-18H2,1H3. The van der Waals surface area contributed by atoms with Gasteiger partial charge in [0.2, 0.25) is 0 Å². The molecule has 3 aromatic rings. The summed E-state index contributed by atoms with van der Waals surface area (Å²) in [4.78, 5) is 28.9. The Morgan fingerprint density at radius 2 is 1.23 bits per heavy atom. The molecular formula is C25H24N2O4. The fourth-order valence-electron chi connectivity index (χ4n) is 3.62. The molecule has 0 bridgehead atoms. The summed E-state index contributed by atoms with van der Waals surface area (Å²) >= 11 is 0. The van der Waals surface area contributed by atoms with Crippen LogP contribution in [0.2, 0.25) is 0 Å². The summed E-state index contributed by atoms with van der Waals surface area (Å²) in [7, 11) is 0. The van der Waals surface area contributed by atoms with Crippen molar-refractivity contribution in [1.82, 2.24) is 0 Å². The van der Waals surface area contributed by atoms with Crippen molar-refractivity contribution in [1.29, 1.82) is 0 Å². The van der Waals surface area contributed by atoms with Crippen molar-refractivity contribution >= 4 is 23.6 Å². The Morgan fingerprint density at radius 1 is 0.742 bits per heavy atom. The lowest BCUT2D eigenvalue weighted by Gasteiger charge is -2.39. The maximum atomic E-state index is 12.9. The highest BCUT2D eigenvalue weighted by molar-refractivity contribution is 6.00. The predicted molar refractivity (Wildman–Crippen MR) is 119 cm³/mol. The number of hydrogen-bond donors (Lipinski definition) is 0. The van der Waals surface area contributed by atoms with Crippen LogP contribution in [-0.2, 0) is 22.7 Å². The minimum atomic E-state index is -0.444. The van der Waals surface area contributed by atoms with Gasteiger partial charge >= 0.3 is 12.2 Å². The molecule has 0 aliphatic carbocycles.